The Morgan fingerprint density at radius 3 is 2.50 bits per heavy atom. The van der Waals surface area contributed by atoms with Crippen molar-refractivity contribution < 1.29 is 0 Å². The van der Waals surface area contributed by atoms with Crippen LogP contribution < -0.4 is 5.73 Å². The highest BCUT2D eigenvalue weighted by Gasteiger charge is 2.42. The molecule has 14 heavy (non-hydrogen) atoms. The Morgan fingerprint density at radius 1 is 1.29 bits per heavy atom. The van der Waals surface area contributed by atoms with Crippen LogP contribution in [0.1, 0.15) is 12.8 Å². The van der Waals surface area contributed by atoms with Crippen LogP contribution in [0.5, 0.6) is 0 Å². The van der Waals surface area contributed by atoms with E-state index in [0.29, 0.717) is 10.0 Å². The highest BCUT2D eigenvalue weighted by Crippen LogP contribution is 2.51. The second kappa shape index (κ2) is 3.93. The monoisotopic (exact) mass is 247 g/mol. The molecule has 2 rings (SSSR count). The molecule has 0 aromatic heterocycles. The van der Waals surface area contributed by atoms with Gasteiger partial charge in [-0.2, -0.15) is 0 Å². The zero-order chi connectivity index (χ0) is 10.2. The minimum Gasteiger partial charge on any atom is -0.329 e. The van der Waals surface area contributed by atoms with Gasteiger partial charge in [-0.15, -0.1) is 11.8 Å². The van der Waals surface area contributed by atoms with Crippen LogP contribution in [0, 0.1) is 0 Å². The smallest absolute Gasteiger partial charge is 0.0603 e. The summed E-state index contributed by atoms with van der Waals surface area (Å²) in [6.07, 6.45) is 2.41. The van der Waals surface area contributed by atoms with Crippen molar-refractivity contribution in [2.24, 2.45) is 5.73 Å². The molecule has 0 atom stereocenters. The third kappa shape index (κ3) is 2.19. The van der Waals surface area contributed by atoms with E-state index in [-0.39, 0.29) is 4.75 Å². The van der Waals surface area contributed by atoms with E-state index in [0.717, 1.165) is 11.4 Å². The molecule has 0 saturated heterocycles. The van der Waals surface area contributed by atoms with Gasteiger partial charge >= 0.3 is 0 Å². The van der Waals surface area contributed by atoms with Crippen LogP contribution in [-0.2, 0) is 0 Å². The van der Waals surface area contributed by atoms with Gasteiger partial charge in [0, 0.05) is 16.2 Å². The first kappa shape index (κ1) is 10.6. The maximum Gasteiger partial charge on any atom is 0.0603 e. The van der Waals surface area contributed by atoms with Gasteiger partial charge in [-0.05, 0) is 31.0 Å². The van der Waals surface area contributed by atoms with E-state index in [1.165, 1.54) is 12.8 Å². The maximum atomic E-state index is 5.93. The number of benzene rings is 1. The van der Waals surface area contributed by atoms with Gasteiger partial charge in [-0.25, -0.2) is 0 Å². The van der Waals surface area contributed by atoms with E-state index in [4.69, 9.17) is 28.9 Å². The lowest BCUT2D eigenvalue weighted by molar-refractivity contribution is 0.900. The molecule has 0 aliphatic heterocycles. The molecule has 0 amide bonds. The molecule has 76 valence electrons. The molecular formula is C10H11Cl2NS. The van der Waals surface area contributed by atoms with Crippen LogP contribution in [0.15, 0.2) is 23.1 Å². The van der Waals surface area contributed by atoms with E-state index < -0.39 is 0 Å². The Hall–Kier alpha value is 0.110. The predicted molar refractivity (Wildman–Crippen MR) is 63.3 cm³/mol. The lowest BCUT2D eigenvalue weighted by Gasteiger charge is -2.11. The molecule has 4 heteroatoms. The molecule has 0 bridgehead atoms. The average molecular weight is 248 g/mol. The Labute approximate surface area is 98.0 Å². The molecule has 0 radical (unpaired) electrons. The number of halogens is 2. The van der Waals surface area contributed by atoms with Crippen molar-refractivity contribution in [2.75, 3.05) is 6.54 Å². The first-order valence-corrected chi connectivity index (χ1v) is 6.07. The molecule has 1 nitrogen and oxygen atoms in total. The van der Waals surface area contributed by atoms with Crippen molar-refractivity contribution >= 4 is 35.0 Å². The summed E-state index contributed by atoms with van der Waals surface area (Å²) in [6.45, 7) is 0.734. The van der Waals surface area contributed by atoms with Crippen molar-refractivity contribution in [3.05, 3.63) is 28.2 Å². The third-order valence-electron chi connectivity index (χ3n) is 2.41. The van der Waals surface area contributed by atoms with Crippen molar-refractivity contribution in [3.63, 3.8) is 0 Å². The number of nitrogens with two attached hydrogens (primary N) is 1. The first-order valence-electron chi connectivity index (χ1n) is 4.49. The van der Waals surface area contributed by atoms with E-state index in [9.17, 15) is 0 Å². The van der Waals surface area contributed by atoms with Gasteiger partial charge in [-0.1, -0.05) is 23.2 Å². The summed E-state index contributed by atoms with van der Waals surface area (Å²) in [5, 5.41) is 1.22. The molecule has 1 aromatic rings. The SMILES string of the molecule is NCC1(Sc2ccc(Cl)c(Cl)c2)CC1. The number of hydrogen-bond donors (Lipinski definition) is 1. The molecule has 0 unspecified atom stereocenters. The summed E-state index contributed by atoms with van der Waals surface area (Å²) in [5.41, 5.74) is 5.70. The zero-order valence-corrected chi connectivity index (χ0v) is 9.92. The molecule has 1 aromatic carbocycles. The highest BCUT2D eigenvalue weighted by atomic mass is 35.5. The Balaban J connectivity index is 2.14. The lowest BCUT2D eigenvalue weighted by atomic mass is 10.4. The van der Waals surface area contributed by atoms with Crippen LogP contribution in [0.4, 0.5) is 0 Å². The largest absolute Gasteiger partial charge is 0.329 e. The average Bonchev–Trinajstić information content (AvgIpc) is 2.93. The van der Waals surface area contributed by atoms with Crippen LogP contribution in [0.25, 0.3) is 0 Å². The van der Waals surface area contributed by atoms with Gasteiger partial charge in [0.05, 0.1) is 10.0 Å². The van der Waals surface area contributed by atoms with Crippen LogP contribution in [-0.4, -0.2) is 11.3 Å². The summed E-state index contributed by atoms with van der Waals surface area (Å²) in [7, 11) is 0. The van der Waals surface area contributed by atoms with E-state index in [2.05, 4.69) is 0 Å². The van der Waals surface area contributed by atoms with Crippen LogP contribution in [0.2, 0.25) is 10.0 Å². The van der Waals surface area contributed by atoms with Crippen LogP contribution >= 0.6 is 35.0 Å². The van der Waals surface area contributed by atoms with Gasteiger partial charge in [0.1, 0.15) is 0 Å². The summed E-state index contributed by atoms with van der Waals surface area (Å²) in [4.78, 5) is 1.15. The predicted octanol–water partition coefficient (Wildman–Crippen LogP) is 3.58. The topological polar surface area (TPSA) is 26.0 Å². The maximum absolute atomic E-state index is 5.93. The Bertz CT molecular complexity index is 350. The Kier molecular flexibility index (Phi) is 2.98. The standard InChI is InChI=1S/C10H11Cl2NS/c11-8-2-1-7(5-9(8)12)14-10(6-13)3-4-10/h1-2,5H,3-4,6,13H2. The fraction of sp³-hybridized carbons (Fsp3) is 0.400. The molecule has 1 saturated carbocycles. The summed E-state index contributed by atoms with van der Waals surface area (Å²) in [5.74, 6) is 0. The fourth-order valence-electron chi connectivity index (χ4n) is 1.28. The quantitative estimate of drug-likeness (QED) is 0.884. The third-order valence-corrected chi connectivity index (χ3v) is 4.64. The van der Waals surface area contributed by atoms with Gasteiger partial charge in [0.15, 0.2) is 0 Å². The van der Waals surface area contributed by atoms with Gasteiger partial charge in [0.25, 0.3) is 0 Å². The number of hydrogen-bond acceptors (Lipinski definition) is 2. The Morgan fingerprint density at radius 2 is 2.00 bits per heavy atom. The molecule has 0 heterocycles. The minimum atomic E-state index is 0.275. The van der Waals surface area contributed by atoms with E-state index >= 15 is 0 Å². The van der Waals surface area contributed by atoms with Crippen LogP contribution in [0.3, 0.4) is 0 Å². The molecule has 0 spiro atoms. The molecule has 2 N–H and O–H groups in total. The summed E-state index contributed by atoms with van der Waals surface area (Å²) in [6, 6.07) is 5.73. The summed E-state index contributed by atoms with van der Waals surface area (Å²) < 4.78 is 0.275. The van der Waals surface area contributed by atoms with Gasteiger partial charge < -0.3 is 5.73 Å². The van der Waals surface area contributed by atoms with Gasteiger partial charge in [-0.3, -0.25) is 0 Å². The molecule has 1 fully saturated rings. The second-order valence-corrected chi connectivity index (χ2v) is 5.92. The highest BCUT2D eigenvalue weighted by molar-refractivity contribution is 8.01. The lowest BCUT2D eigenvalue weighted by Crippen LogP contribution is -2.17. The molecule has 1 aliphatic carbocycles. The van der Waals surface area contributed by atoms with Crippen molar-refractivity contribution in [2.45, 2.75) is 22.5 Å². The van der Waals surface area contributed by atoms with Gasteiger partial charge in [0.2, 0.25) is 0 Å². The van der Waals surface area contributed by atoms with E-state index in [1.807, 2.05) is 30.0 Å². The zero-order valence-electron chi connectivity index (χ0n) is 7.59. The van der Waals surface area contributed by atoms with E-state index in [1.54, 1.807) is 0 Å². The first-order chi connectivity index (χ1) is 6.65. The normalized spacial score (nSPS) is 18.2. The van der Waals surface area contributed by atoms with Crippen molar-refractivity contribution in [1.82, 2.24) is 0 Å². The second-order valence-electron chi connectivity index (χ2n) is 3.57. The molecular weight excluding hydrogens is 237 g/mol. The molecule has 1 aliphatic rings. The van der Waals surface area contributed by atoms with Crippen molar-refractivity contribution in [3.8, 4) is 0 Å². The minimum absolute atomic E-state index is 0.275. The summed E-state index contributed by atoms with van der Waals surface area (Å²) >= 11 is 13.6. The fourth-order valence-corrected chi connectivity index (χ4v) is 2.84. The number of rotatable bonds is 3. The number of thioether (sulfide) groups is 1. The van der Waals surface area contributed by atoms with Crippen molar-refractivity contribution in [1.29, 1.82) is 0 Å².